The minimum Gasteiger partial charge on any atom is -0.423 e. The number of hydrogen-bond acceptors (Lipinski definition) is 4. The zero-order valence-electron chi connectivity index (χ0n) is 12.5. The summed E-state index contributed by atoms with van der Waals surface area (Å²) in [5, 5.41) is 0. The van der Waals surface area contributed by atoms with Gasteiger partial charge in [-0.3, -0.25) is 0 Å². The second kappa shape index (κ2) is 4.55. The van der Waals surface area contributed by atoms with Crippen molar-refractivity contribution in [3.63, 3.8) is 0 Å². The van der Waals surface area contributed by atoms with Gasteiger partial charge in [-0.25, -0.2) is 4.39 Å². The Labute approximate surface area is 132 Å². The number of hydrogen-bond donors (Lipinski definition) is 0. The van der Waals surface area contributed by atoms with E-state index in [4.69, 9.17) is 9.15 Å². The Balaban J connectivity index is 1.50. The van der Waals surface area contributed by atoms with Crippen molar-refractivity contribution < 1.29 is 13.5 Å². The monoisotopic (exact) mass is 310 g/mol. The molecule has 23 heavy (non-hydrogen) atoms. The molecular weight excluding hydrogens is 295 g/mol. The van der Waals surface area contributed by atoms with E-state index >= 15 is 0 Å². The molecule has 5 rings (SSSR count). The van der Waals surface area contributed by atoms with Crippen LogP contribution in [-0.2, 0) is 16.9 Å². The van der Waals surface area contributed by atoms with E-state index in [1.54, 1.807) is 6.07 Å². The molecule has 0 saturated carbocycles. The standard InChI is InChI=1S/C18H15FN2O2/c19-13-5-6-16-15(9-13)20-17(23-16)21-8-7-18(11-21)14-4-2-1-3-12(14)10-22-18/h1-6,9H,7-8,10-11H2. The highest BCUT2D eigenvalue weighted by atomic mass is 19.1. The number of halogens is 1. The summed E-state index contributed by atoms with van der Waals surface area (Å²) in [5.74, 6) is -0.303. The molecule has 1 aromatic heterocycles. The van der Waals surface area contributed by atoms with Crippen LogP contribution in [0.1, 0.15) is 17.5 Å². The fraction of sp³-hybridized carbons (Fsp3) is 0.278. The van der Waals surface area contributed by atoms with Gasteiger partial charge in [-0.15, -0.1) is 0 Å². The van der Waals surface area contributed by atoms with Crippen molar-refractivity contribution >= 4 is 17.1 Å². The molecule has 2 aliphatic heterocycles. The summed E-state index contributed by atoms with van der Waals surface area (Å²) in [4.78, 5) is 6.51. The molecule has 0 aliphatic carbocycles. The van der Waals surface area contributed by atoms with Crippen LogP contribution in [0.2, 0.25) is 0 Å². The summed E-state index contributed by atoms with van der Waals surface area (Å²) in [7, 11) is 0. The number of fused-ring (bicyclic) bond motifs is 3. The van der Waals surface area contributed by atoms with Gasteiger partial charge in [-0.2, -0.15) is 4.98 Å². The van der Waals surface area contributed by atoms with Crippen LogP contribution in [0.3, 0.4) is 0 Å². The molecule has 1 saturated heterocycles. The predicted octanol–water partition coefficient (Wildman–Crippen LogP) is 3.60. The first kappa shape index (κ1) is 13.1. The summed E-state index contributed by atoms with van der Waals surface area (Å²) < 4.78 is 25.2. The van der Waals surface area contributed by atoms with Crippen LogP contribution >= 0.6 is 0 Å². The molecule has 3 heterocycles. The molecule has 0 bridgehead atoms. The van der Waals surface area contributed by atoms with Crippen LogP contribution in [0, 0.1) is 5.82 Å². The zero-order valence-corrected chi connectivity index (χ0v) is 12.5. The lowest BCUT2D eigenvalue weighted by Gasteiger charge is -2.24. The lowest BCUT2D eigenvalue weighted by Crippen LogP contribution is -2.30. The Kier molecular flexibility index (Phi) is 2.59. The molecule has 1 spiro atoms. The van der Waals surface area contributed by atoms with Crippen molar-refractivity contribution in [1.29, 1.82) is 0 Å². The van der Waals surface area contributed by atoms with Gasteiger partial charge in [-0.05, 0) is 23.3 Å². The van der Waals surface area contributed by atoms with Crippen LogP contribution in [0.5, 0.6) is 0 Å². The third-order valence-electron chi connectivity index (χ3n) is 4.85. The van der Waals surface area contributed by atoms with E-state index in [9.17, 15) is 4.39 Å². The molecule has 1 fully saturated rings. The van der Waals surface area contributed by atoms with Gasteiger partial charge in [-0.1, -0.05) is 24.3 Å². The van der Waals surface area contributed by atoms with Crippen molar-refractivity contribution in [2.45, 2.75) is 18.6 Å². The summed E-state index contributed by atoms with van der Waals surface area (Å²) in [6.07, 6.45) is 0.900. The number of nitrogens with zero attached hydrogens (tertiary/aromatic N) is 2. The predicted molar refractivity (Wildman–Crippen MR) is 83.7 cm³/mol. The number of aromatic nitrogens is 1. The molecule has 1 atom stereocenters. The Bertz CT molecular complexity index is 907. The van der Waals surface area contributed by atoms with Crippen molar-refractivity contribution in [3.8, 4) is 0 Å². The quantitative estimate of drug-likeness (QED) is 0.688. The SMILES string of the molecule is Fc1ccc2oc(N3CCC4(C3)OCc3ccccc34)nc2c1. The van der Waals surface area contributed by atoms with E-state index in [-0.39, 0.29) is 11.4 Å². The molecule has 2 aromatic carbocycles. The highest BCUT2D eigenvalue weighted by Crippen LogP contribution is 2.44. The fourth-order valence-electron chi connectivity index (χ4n) is 3.69. The molecule has 3 aromatic rings. The second-order valence-electron chi connectivity index (χ2n) is 6.22. The minimum atomic E-state index is -0.303. The maximum Gasteiger partial charge on any atom is 0.298 e. The van der Waals surface area contributed by atoms with Crippen LogP contribution in [-0.4, -0.2) is 18.1 Å². The van der Waals surface area contributed by atoms with Gasteiger partial charge in [0, 0.05) is 19.0 Å². The molecule has 0 N–H and O–H groups in total. The normalized spacial score (nSPS) is 23.1. The van der Waals surface area contributed by atoms with Crippen LogP contribution < -0.4 is 4.90 Å². The van der Waals surface area contributed by atoms with Crippen molar-refractivity contribution in [2.75, 3.05) is 18.0 Å². The Morgan fingerprint density at radius 1 is 1.17 bits per heavy atom. The largest absolute Gasteiger partial charge is 0.423 e. The van der Waals surface area contributed by atoms with Gasteiger partial charge in [0.1, 0.15) is 16.9 Å². The van der Waals surface area contributed by atoms with Gasteiger partial charge in [0.05, 0.1) is 13.2 Å². The summed E-state index contributed by atoms with van der Waals surface area (Å²) in [6, 6.07) is 13.3. The highest BCUT2D eigenvalue weighted by molar-refractivity contribution is 5.74. The molecule has 1 unspecified atom stereocenters. The third-order valence-corrected chi connectivity index (χ3v) is 4.85. The molecule has 5 heteroatoms. The van der Waals surface area contributed by atoms with E-state index < -0.39 is 0 Å². The maximum atomic E-state index is 13.3. The number of ether oxygens (including phenoxy) is 1. The number of benzene rings is 2. The number of oxazole rings is 1. The number of anilines is 1. The Hall–Kier alpha value is -2.40. The first-order chi connectivity index (χ1) is 11.2. The molecule has 116 valence electrons. The highest BCUT2D eigenvalue weighted by Gasteiger charge is 2.46. The van der Waals surface area contributed by atoms with E-state index in [1.165, 1.54) is 23.3 Å². The van der Waals surface area contributed by atoms with Gasteiger partial charge in [0.2, 0.25) is 0 Å². The van der Waals surface area contributed by atoms with Crippen molar-refractivity contribution in [3.05, 3.63) is 59.4 Å². The lowest BCUT2D eigenvalue weighted by molar-refractivity contribution is -0.0206. The minimum absolute atomic E-state index is 0.275. The summed E-state index contributed by atoms with van der Waals surface area (Å²) in [6.45, 7) is 2.17. The van der Waals surface area contributed by atoms with Crippen LogP contribution in [0.4, 0.5) is 10.4 Å². The van der Waals surface area contributed by atoms with Gasteiger partial charge >= 0.3 is 0 Å². The number of rotatable bonds is 1. The molecule has 0 radical (unpaired) electrons. The third kappa shape index (κ3) is 1.90. The first-order valence-corrected chi connectivity index (χ1v) is 7.77. The smallest absolute Gasteiger partial charge is 0.298 e. The zero-order chi connectivity index (χ0) is 15.4. The van der Waals surface area contributed by atoms with E-state index in [1.807, 2.05) is 6.07 Å². The van der Waals surface area contributed by atoms with Crippen molar-refractivity contribution in [2.24, 2.45) is 0 Å². The average molecular weight is 310 g/mol. The van der Waals surface area contributed by atoms with E-state index in [0.717, 1.165) is 13.0 Å². The van der Waals surface area contributed by atoms with Gasteiger partial charge < -0.3 is 14.1 Å². The van der Waals surface area contributed by atoms with Crippen molar-refractivity contribution in [1.82, 2.24) is 4.98 Å². The second-order valence-corrected chi connectivity index (χ2v) is 6.22. The summed E-state index contributed by atoms with van der Waals surface area (Å²) >= 11 is 0. The summed E-state index contributed by atoms with van der Waals surface area (Å²) in [5.41, 5.74) is 3.41. The molecule has 2 aliphatic rings. The maximum absolute atomic E-state index is 13.3. The van der Waals surface area contributed by atoms with Crippen LogP contribution in [0.15, 0.2) is 46.9 Å². The molecular formula is C18H15FN2O2. The molecule has 0 amide bonds. The molecule has 4 nitrogen and oxygen atoms in total. The Morgan fingerprint density at radius 3 is 3.04 bits per heavy atom. The average Bonchev–Trinajstić information content (AvgIpc) is 3.26. The topological polar surface area (TPSA) is 38.5 Å². The van der Waals surface area contributed by atoms with E-state index in [0.29, 0.717) is 30.3 Å². The van der Waals surface area contributed by atoms with E-state index in [2.05, 4.69) is 28.1 Å². The van der Waals surface area contributed by atoms with Crippen LogP contribution in [0.25, 0.3) is 11.1 Å². The first-order valence-electron chi connectivity index (χ1n) is 7.77. The van der Waals surface area contributed by atoms with Gasteiger partial charge in [0.25, 0.3) is 6.01 Å². The fourth-order valence-corrected chi connectivity index (χ4v) is 3.69. The van der Waals surface area contributed by atoms with Gasteiger partial charge in [0.15, 0.2) is 5.58 Å². The lowest BCUT2D eigenvalue weighted by atomic mass is 9.92. The Morgan fingerprint density at radius 2 is 2.09 bits per heavy atom.